The third-order valence-corrected chi connectivity index (χ3v) is 1.62. The molecule has 105 valence electrons. The molecule has 4 nitrogen and oxygen atoms in total. The van der Waals surface area contributed by atoms with Crippen molar-refractivity contribution in [3.63, 3.8) is 0 Å². The SMILES string of the molecule is CCCCCCCOC[NH-].[Cl][Pt].[NH-]CC[NH-]. The maximum Gasteiger partial charge on any atom is -0.171 e. The summed E-state index contributed by atoms with van der Waals surface area (Å²) in [6.45, 7) is 3.57. The molecule has 0 heterocycles. The van der Waals surface area contributed by atoms with Crippen LogP contribution in [0.3, 0.4) is 0 Å². The summed E-state index contributed by atoms with van der Waals surface area (Å²) < 4.78 is 4.88. The van der Waals surface area contributed by atoms with Gasteiger partial charge in [0, 0.05) is 6.61 Å². The fraction of sp³-hybridized carbons (Fsp3) is 1.00. The molecule has 0 bridgehead atoms. The Bertz CT molecular complexity index is 82.5. The van der Waals surface area contributed by atoms with E-state index in [4.69, 9.17) is 21.9 Å². The predicted molar refractivity (Wildman–Crippen MR) is 68.1 cm³/mol. The van der Waals surface area contributed by atoms with Crippen molar-refractivity contribution in [1.82, 2.24) is 0 Å². The summed E-state index contributed by atoms with van der Waals surface area (Å²) in [5.74, 6) is 0. The Labute approximate surface area is 115 Å². The zero-order chi connectivity index (χ0) is 13.1. The van der Waals surface area contributed by atoms with Crippen molar-refractivity contribution in [2.45, 2.75) is 39.0 Å². The molecule has 0 rings (SSSR count). The second-order valence-corrected chi connectivity index (χ2v) is 2.97. The van der Waals surface area contributed by atoms with Gasteiger partial charge in [-0.1, -0.05) is 32.6 Å². The van der Waals surface area contributed by atoms with Crippen LogP contribution in [0.5, 0.6) is 0 Å². The Kier molecular flexibility index (Phi) is 40.9. The Morgan fingerprint density at radius 3 is 1.81 bits per heavy atom. The molecular formula is C10H24ClN3OPt-3. The van der Waals surface area contributed by atoms with Gasteiger partial charge in [-0.25, -0.2) is 0 Å². The zero-order valence-electron chi connectivity index (χ0n) is 9.97. The third kappa shape index (κ3) is 36.4. The van der Waals surface area contributed by atoms with E-state index in [9.17, 15) is 0 Å². The van der Waals surface area contributed by atoms with Crippen molar-refractivity contribution in [1.29, 1.82) is 0 Å². The molecule has 0 atom stereocenters. The van der Waals surface area contributed by atoms with E-state index in [0.29, 0.717) is 0 Å². The normalized spacial score (nSPS) is 8.69. The molecule has 0 aromatic rings. The average Bonchev–Trinajstić information content (AvgIpc) is 2.36. The number of nitrogens with one attached hydrogen (secondary N) is 3. The third-order valence-electron chi connectivity index (χ3n) is 1.62. The van der Waals surface area contributed by atoms with Crippen LogP contribution in [0.15, 0.2) is 0 Å². The molecule has 0 unspecified atom stereocenters. The largest absolute Gasteiger partial charge is 0.679 e. The van der Waals surface area contributed by atoms with Crippen LogP contribution in [-0.4, -0.2) is 26.4 Å². The second-order valence-electron chi connectivity index (χ2n) is 2.97. The average molecular weight is 433 g/mol. The first-order valence-electron chi connectivity index (χ1n) is 5.46. The predicted octanol–water partition coefficient (Wildman–Crippen LogP) is 4.76. The molecule has 0 aliphatic carbocycles. The van der Waals surface area contributed by atoms with E-state index in [2.05, 4.69) is 16.3 Å². The first kappa shape index (κ1) is 22.0. The van der Waals surface area contributed by atoms with Gasteiger partial charge in [-0.15, -0.1) is 0 Å². The second kappa shape index (κ2) is 29.7. The van der Waals surface area contributed by atoms with Gasteiger partial charge in [0.2, 0.25) is 0 Å². The van der Waals surface area contributed by atoms with Crippen molar-refractivity contribution in [2.75, 3.05) is 26.4 Å². The maximum absolute atomic E-state index is 6.70. The fourth-order valence-electron chi connectivity index (χ4n) is 0.880. The molecule has 0 aromatic heterocycles. The molecule has 0 saturated heterocycles. The summed E-state index contributed by atoms with van der Waals surface area (Å²) in [6, 6.07) is 0. The van der Waals surface area contributed by atoms with Gasteiger partial charge >= 0.3 is 28.2 Å². The summed E-state index contributed by atoms with van der Waals surface area (Å²) in [5, 5.41) is 0. The molecule has 0 spiro atoms. The van der Waals surface area contributed by atoms with Crippen molar-refractivity contribution < 1.29 is 23.5 Å². The van der Waals surface area contributed by atoms with Gasteiger partial charge in [-0.05, 0) is 13.2 Å². The van der Waals surface area contributed by atoms with E-state index < -0.39 is 0 Å². The summed E-state index contributed by atoms with van der Waals surface area (Å²) >= 11 is 1.61. The molecule has 6 heteroatoms. The van der Waals surface area contributed by atoms with Crippen LogP contribution in [-0.2, 0) is 23.5 Å². The number of hydrogen-bond donors (Lipinski definition) is 0. The van der Waals surface area contributed by atoms with E-state index in [-0.39, 0.29) is 19.8 Å². The fourth-order valence-corrected chi connectivity index (χ4v) is 0.880. The van der Waals surface area contributed by atoms with Crippen LogP contribution in [0.25, 0.3) is 17.2 Å². The Morgan fingerprint density at radius 1 is 0.938 bits per heavy atom. The van der Waals surface area contributed by atoms with Crippen LogP contribution < -0.4 is 0 Å². The van der Waals surface area contributed by atoms with E-state index in [1.54, 1.807) is 18.8 Å². The molecule has 0 saturated carbocycles. The molecule has 0 fully saturated rings. The molecule has 0 aromatic carbocycles. The maximum atomic E-state index is 6.70. The smallest absolute Gasteiger partial charge is 0.171 e. The number of unbranched alkanes of at least 4 members (excludes halogenated alkanes) is 4. The minimum atomic E-state index is 0.119. The summed E-state index contributed by atoms with van der Waals surface area (Å²) in [6.07, 6.45) is 6.32. The van der Waals surface area contributed by atoms with E-state index >= 15 is 0 Å². The van der Waals surface area contributed by atoms with Crippen LogP contribution in [0, 0.1) is 0 Å². The number of rotatable bonds is 8. The van der Waals surface area contributed by atoms with Crippen LogP contribution in [0.2, 0.25) is 0 Å². The molecule has 0 amide bonds. The monoisotopic (exact) mass is 432 g/mol. The first-order valence-corrected chi connectivity index (χ1v) is 8.28. The van der Waals surface area contributed by atoms with Crippen LogP contribution in [0.1, 0.15) is 39.0 Å². The van der Waals surface area contributed by atoms with Gasteiger partial charge in [0.25, 0.3) is 0 Å². The van der Waals surface area contributed by atoms with Crippen LogP contribution in [0.4, 0.5) is 0 Å². The molecule has 0 radical (unpaired) electrons. The van der Waals surface area contributed by atoms with Gasteiger partial charge < -0.3 is 21.9 Å². The number of halogens is 1. The summed E-state index contributed by atoms with van der Waals surface area (Å²) in [7, 11) is 4.61. The zero-order valence-corrected chi connectivity index (χ0v) is 13.0. The van der Waals surface area contributed by atoms with E-state index in [1.165, 1.54) is 25.7 Å². The van der Waals surface area contributed by atoms with Crippen LogP contribution >= 0.6 is 9.42 Å². The minimum Gasteiger partial charge on any atom is -0.679 e. The number of ether oxygens (including phenoxy) is 1. The Balaban J connectivity index is -0.000000237. The Morgan fingerprint density at radius 2 is 1.44 bits per heavy atom. The van der Waals surface area contributed by atoms with Crippen molar-refractivity contribution in [3.8, 4) is 0 Å². The number of hydrogen-bond acceptors (Lipinski definition) is 1. The van der Waals surface area contributed by atoms with Gasteiger partial charge in [0.1, 0.15) is 0 Å². The molecule has 0 aliphatic heterocycles. The van der Waals surface area contributed by atoms with Gasteiger partial charge in [-0.2, -0.15) is 13.1 Å². The first-order chi connectivity index (χ1) is 7.83. The molecule has 0 aliphatic rings. The molecular weight excluding hydrogens is 409 g/mol. The molecule has 3 N–H and O–H groups in total. The van der Waals surface area contributed by atoms with Gasteiger partial charge in [0.15, 0.2) is 0 Å². The van der Waals surface area contributed by atoms with Crippen molar-refractivity contribution in [2.24, 2.45) is 0 Å². The van der Waals surface area contributed by atoms with E-state index in [0.717, 1.165) is 13.0 Å². The van der Waals surface area contributed by atoms with Gasteiger partial charge in [-0.3, -0.25) is 0 Å². The van der Waals surface area contributed by atoms with Crippen molar-refractivity contribution in [3.05, 3.63) is 17.2 Å². The van der Waals surface area contributed by atoms with E-state index in [1.807, 2.05) is 0 Å². The standard InChI is InChI=1S/C8H18NO.C2H6N2.ClH.Pt/c1-2-3-4-5-6-7-10-8-9;3-1-2-4;;/h9H,2-8H2,1H3;3-4H,1-2H2;1H;/q-1;-2;;+1/p-1. The Hall–Kier alpha value is 0.818. The minimum absolute atomic E-state index is 0.119. The summed E-state index contributed by atoms with van der Waals surface area (Å²) in [5.41, 5.74) is 19.2. The topological polar surface area (TPSA) is 80.6 Å². The quantitative estimate of drug-likeness (QED) is 0.509. The molecule has 16 heavy (non-hydrogen) atoms. The van der Waals surface area contributed by atoms with Crippen molar-refractivity contribution >= 4 is 9.42 Å². The summed E-state index contributed by atoms with van der Waals surface area (Å²) in [4.78, 5) is 0. The van der Waals surface area contributed by atoms with Gasteiger partial charge in [0.05, 0.1) is 0 Å².